The molecule has 7 heteroatoms. The van der Waals surface area contributed by atoms with Crippen LogP contribution in [0.25, 0.3) is 17.1 Å². The number of benzene rings is 2. The number of aromatic nitrogens is 3. The smallest absolute Gasteiger partial charge is 0.200 e. The Bertz CT molecular complexity index is 871. The number of hydrogen-bond acceptors (Lipinski definition) is 3. The van der Waals surface area contributed by atoms with Gasteiger partial charge in [-0.2, -0.15) is 5.10 Å². The zero-order valence-electron chi connectivity index (χ0n) is 11.5. The molecule has 0 aliphatic heterocycles. The van der Waals surface area contributed by atoms with E-state index < -0.39 is 0 Å². The van der Waals surface area contributed by atoms with Crippen LogP contribution >= 0.6 is 35.4 Å². The molecule has 0 aliphatic rings. The molecule has 3 aromatic rings. The molecule has 0 radical (unpaired) electrons. The lowest BCUT2D eigenvalue weighted by molar-refractivity contribution is 0.416. The number of halogens is 2. The van der Waals surface area contributed by atoms with Crippen LogP contribution in [-0.2, 0) is 0 Å². The van der Waals surface area contributed by atoms with Gasteiger partial charge in [0.25, 0.3) is 0 Å². The summed E-state index contributed by atoms with van der Waals surface area (Å²) in [5.74, 6) is 1.28. The first-order valence-corrected chi connectivity index (χ1v) is 7.54. The average molecular weight is 352 g/mol. The quantitative estimate of drug-likeness (QED) is 0.681. The Morgan fingerprint density at radius 3 is 2.45 bits per heavy atom. The average Bonchev–Trinajstić information content (AvgIpc) is 2.90. The maximum Gasteiger partial charge on any atom is 0.200 e. The lowest BCUT2D eigenvalue weighted by Gasteiger charge is -2.11. The molecule has 0 atom stereocenters. The molecule has 0 spiro atoms. The predicted molar refractivity (Wildman–Crippen MR) is 90.8 cm³/mol. The van der Waals surface area contributed by atoms with Gasteiger partial charge in [-0.05, 0) is 54.7 Å². The third kappa shape index (κ3) is 2.75. The number of H-pyrrole nitrogens is 1. The molecule has 1 N–H and O–H groups in total. The van der Waals surface area contributed by atoms with Gasteiger partial charge in [-0.1, -0.05) is 23.2 Å². The number of aromatic amines is 1. The SMILES string of the molecule is COc1ccc(Cl)cc1-c1n[nH]c(=S)n1-c1ccc(Cl)cc1. The zero-order valence-corrected chi connectivity index (χ0v) is 13.8. The summed E-state index contributed by atoms with van der Waals surface area (Å²) in [5, 5.41) is 8.36. The van der Waals surface area contributed by atoms with Crippen LogP contribution in [0.2, 0.25) is 10.0 Å². The van der Waals surface area contributed by atoms with Gasteiger partial charge in [0, 0.05) is 10.0 Å². The van der Waals surface area contributed by atoms with Gasteiger partial charge in [-0.15, -0.1) is 0 Å². The third-order valence-electron chi connectivity index (χ3n) is 3.16. The monoisotopic (exact) mass is 351 g/mol. The van der Waals surface area contributed by atoms with E-state index in [1.54, 1.807) is 42.0 Å². The highest BCUT2D eigenvalue weighted by Gasteiger charge is 2.15. The molecule has 0 saturated carbocycles. The highest BCUT2D eigenvalue weighted by atomic mass is 35.5. The van der Waals surface area contributed by atoms with Crippen LogP contribution in [0.1, 0.15) is 0 Å². The van der Waals surface area contributed by atoms with E-state index >= 15 is 0 Å². The van der Waals surface area contributed by atoms with Crippen LogP contribution in [0, 0.1) is 4.77 Å². The maximum absolute atomic E-state index is 6.10. The fourth-order valence-electron chi connectivity index (χ4n) is 2.16. The van der Waals surface area contributed by atoms with Crippen molar-refractivity contribution in [3.63, 3.8) is 0 Å². The highest BCUT2D eigenvalue weighted by molar-refractivity contribution is 7.71. The molecule has 0 aliphatic carbocycles. The van der Waals surface area contributed by atoms with Gasteiger partial charge >= 0.3 is 0 Å². The van der Waals surface area contributed by atoms with Crippen molar-refractivity contribution in [1.82, 2.24) is 14.8 Å². The Kier molecular flexibility index (Phi) is 4.20. The number of hydrogen-bond donors (Lipinski definition) is 1. The fraction of sp³-hybridized carbons (Fsp3) is 0.0667. The first kappa shape index (κ1) is 15.1. The van der Waals surface area contributed by atoms with E-state index in [-0.39, 0.29) is 0 Å². The molecule has 2 aromatic carbocycles. The van der Waals surface area contributed by atoms with Crippen molar-refractivity contribution in [2.24, 2.45) is 0 Å². The van der Waals surface area contributed by atoms with Gasteiger partial charge in [0.15, 0.2) is 10.6 Å². The van der Waals surface area contributed by atoms with Crippen molar-refractivity contribution in [3.05, 3.63) is 57.3 Å². The van der Waals surface area contributed by atoms with Crippen LogP contribution in [-0.4, -0.2) is 21.9 Å². The zero-order chi connectivity index (χ0) is 15.7. The highest BCUT2D eigenvalue weighted by Crippen LogP contribution is 2.32. The lowest BCUT2D eigenvalue weighted by Crippen LogP contribution is -1.99. The van der Waals surface area contributed by atoms with Crippen molar-refractivity contribution < 1.29 is 4.74 Å². The summed E-state index contributed by atoms with van der Waals surface area (Å²) < 4.78 is 7.67. The van der Waals surface area contributed by atoms with E-state index in [2.05, 4.69) is 10.2 Å². The molecule has 0 unspecified atom stereocenters. The molecular formula is C15H11Cl2N3OS. The molecule has 1 aromatic heterocycles. The van der Waals surface area contributed by atoms with E-state index in [4.69, 9.17) is 40.2 Å². The second-order valence-electron chi connectivity index (χ2n) is 4.51. The molecule has 4 nitrogen and oxygen atoms in total. The Balaban J connectivity index is 2.24. The topological polar surface area (TPSA) is 42.8 Å². The molecular weight excluding hydrogens is 341 g/mol. The molecule has 112 valence electrons. The molecule has 3 rings (SSSR count). The summed E-state index contributed by atoms with van der Waals surface area (Å²) in [6.07, 6.45) is 0. The summed E-state index contributed by atoms with van der Waals surface area (Å²) in [4.78, 5) is 0. The van der Waals surface area contributed by atoms with Crippen LogP contribution in [0.3, 0.4) is 0 Å². The van der Waals surface area contributed by atoms with Gasteiger partial charge in [0.2, 0.25) is 0 Å². The van der Waals surface area contributed by atoms with E-state index in [0.717, 1.165) is 11.3 Å². The molecule has 0 fully saturated rings. The van der Waals surface area contributed by atoms with Gasteiger partial charge < -0.3 is 4.74 Å². The van der Waals surface area contributed by atoms with Crippen LogP contribution in [0.5, 0.6) is 5.75 Å². The minimum atomic E-state index is 0.472. The molecule has 0 bridgehead atoms. The van der Waals surface area contributed by atoms with E-state index in [0.29, 0.717) is 26.4 Å². The lowest BCUT2D eigenvalue weighted by atomic mass is 10.2. The van der Waals surface area contributed by atoms with Crippen molar-refractivity contribution >= 4 is 35.4 Å². The van der Waals surface area contributed by atoms with E-state index in [1.807, 2.05) is 12.1 Å². The first-order valence-electron chi connectivity index (χ1n) is 6.37. The van der Waals surface area contributed by atoms with Crippen LogP contribution in [0.15, 0.2) is 42.5 Å². The van der Waals surface area contributed by atoms with Gasteiger partial charge in [-0.25, -0.2) is 0 Å². The third-order valence-corrected chi connectivity index (χ3v) is 3.92. The number of methoxy groups -OCH3 is 1. The number of rotatable bonds is 3. The van der Waals surface area contributed by atoms with Crippen molar-refractivity contribution in [3.8, 4) is 22.8 Å². The fourth-order valence-corrected chi connectivity index (χ4v) is 2.70. The minimum Gasteiger partial charge on any atom is -0.496 e. The standard InChI is InChI=1S/C15H11Cl2N3OS/c1-21-13-7-4-10(17)8-12(13)14-18-19-15(22)20(14)11-5-2-9(16)3-6-11/h2-8H,1H3,(H,19,22). The van der Waals surface area contributed by atoms with Crippen molar-refractivity contribution in [2.45, 2.75) is 0 Å². The number of ether oxygens (including phenoxy) is 1. The minimum absolute atomic E-state index is 0.472. The molecule has 1 heterocycles. The summed E-state index contributed by atoms with van der Waals surface area (Å²) in [7, 11) is 1.60. The number of nitrogens with zero attached hydrogens (tertiary/aromatic N) is 2. The Labute approximate surface area is 142 Å². The predicted octanol–water partition coefficient (Wildman–Crippen LogP) is 4.91. The van der Waals surface area contributed by atoms with E-state index in [1.165, 1.54) is 0 Å². The summed E-state index contributed by atoms with van der Waals surface area (Å²) >= 11 is 17.4. The molecule has 0 saturated heterocycles. The Morgan fingerprint density at radius 2 is 1.77 bits per heavy atom. The van der Waals surface area contributed by atoms with Gasteiger partial charge in [0.05, 0.1) is 18.4 Å². The van der Waals surface area contributed by atoms with Gasteiger partial charge in [0.1, 0.15) is 5.75 Å². The van der Waals surface area contributed by atoms with Crippen LogP contribution in [0.4, 0.5) is 0 Å². The molecule has 22 heavy (non-hydrogen) atoms. The number of nitrogens with one attached hydrogen (secondary N) is 1. The van der Waals surface area contributed by atoms with Crippen molar-refractivity contribution in [2.75, 3.05) is 7.11 Å². The first-order chi connectivity index (χ1) is 10.6. The summed E-state index contributed by atoms with van der Waals surface area (Å²) in [6, 6.07) is 12.7. The normalized spacial score (nSPS) is 10.7. The largest absolute Gasteiger partial charge is 0.496 e. The second-order valence-corrected chi connectivity index (χ2v) is 5.77. The Hall–Kier alpha value is -1.82. The summed E-state index contributed by atoms with van der Waals surface area (Å²) in [6.45, 7) is 0. The maximum atomic E-state index is 6.10. The van der Waals surface area contributed by atoms with Gasteiger partial charge in [-0.3, -0.25) is 9.67 Å². The summed E-state index contributed by atoms with van der Waals surface area (Å²) in [5.41, 5.74) is 1.59. The van der Waals surface area contributed by atoms with Crippen LogP contribution < -0.4 is 4.74 Å². The van der Waals surface area contributed by atoms with E-state index in [9.17, 15) is 0 Å². The van der Waals surface area contributed by atoms with Crippen molar-refractivity contribution in [1.29, 1.82) is 0 Å². The molecule has 0 amide bonds. The second kappa shape index (κ2) is 6.12. The Morgan fingerprint density at radius 1 is 1.09 bits per heavy atom.